The minimum atomic E-state index is 0.316. The fourth-order valence-corrected chi connectivity index (χ4v) is 2.66. The summed E-state index contributed by atoms with van der Waals surface area (Å²) in [6.07, 6.45) is 6.59. The Bertz CT molecular complexity index is 732. The Morgan fingerprint density at radius 2 is 1.87 bits per heavy atom. The first-order valence-electron chi connectivity index (χ1n) is 7.97. The first-order valence-corrected chi connectivity index (χ1v) is 7.97. The second-order valence-electron chi connectivity index (χ2n) is 5.68. The van der Waals surface area contributed by atoms with Crippen LogP contribution in [0.4, 0.5) is 0 Å². The molecule has 0 spiro atoms. The van der Waals surface area contributed by atoms with E-state index in [9.17, 15) is 0 Å². The maximum Gasteiger partial charge on any atom is 0.110 e. The highest BCUT2D eigenvalue weighted by Gasteiger charge is 2.06. The molecule has 4 nitrogen and oxygen atoms in total. The molecule has 2 aromatic heterocycles. The Morgan fingerprint density at radius 1 is 1.04 bits per heavy atom. The van der Waals surface area contributed by atoms with Crippen LogP contribution in [0.3, 0.4) is 0 Å². The lowest BCUT2D eigenvalue weighted by molar-refractivity contribution is 0.574. The molecule has 0 aliphatic carbocycles. The molecule has 0 saturated heterocycles. The Labute approximate surface area is 137 Å². The average molecular weight is 306 g/mol. The minimum Gasteiger partial charge on any atom is -0.310 e. The molecule has 23 heavy (non-hydrogen) atoms. The summed E-state index contributed by atoms with van der Waals surface area (Å²) >= 11 is 0. The lowest BCUT2D eigenvalue weighted by Gasteiger charge is -2.15. The molecule has 118 valence electrons. The molecule has 3 rings (SSSR count). The van der Waals surface area contributed by atoms with Gasteiger partial charge in [-0.15, -0.1) is 0 Å². The van der Waals surface area contributed by atoms with E-state index in [-0.39, 0.29) is 0 Å². The highest BCUT2D eigenvalue weighted by molar-refractivity contribution is 5.36. The van der Waals surface area contributed by atoms with Crippen molar-refractivity contribution in [2.24, 2.45) is 0 Å². The molecule has 3 aromatic rings. The summed E-state index contributed by atoms with van der Waals surface area (Å²) in [5.41, 5.74) is 3.55. The van der Waals surface area contributed by atoms with E-state index in [1.54, 1.807) is 0 Å². The molecular weight excluding hydrogens is 284 g/mol. The van der Waals surface area contributed by atoms with E-state index in [0.717, 1.165) is 30.2 Å². The molecule has 1 atom stereocenters. The van der Waals surface area contributed by atoms with Gasteiger partial charge in [0.25, 0.3) is 0 Å². The standard InChI is InChI=1S/C19H22N4/c1-15(20-12-10-18-5-3-4-11-22-18)17-6-8-19(9-7-17)23-14-13-21-16(23)2/h3-9,11,13-15,20H,10,12H2,1-2H3/t15-/m0/s1. The Balaban J connectivity index is 1.57. The van der Waals surface area contributed by atoms with Crippen LogP contribution in [0.15, 0.2) is 61.1 Å². The van der Waals surface area contributed by atoms with Gasteiger partial charge in [-0.3, -0.25) is 4.98 Å². The number of nitrogens with one attached hydrogen (secondary N) is 1. The Hall–Kier alpha value is -2.46. The molecule has 0 bridgehead atoms. The molecule has 0 radical (unpaired) electrons. The van der Waals surface area contributed by atoms with E-state index in [4.69, 9.17) is 0 Å². The highest BCUT2D eigenvalue weighted by Crippen LogP contribution is 2.16. The van der Waals surface area contributed by atoms with E-state index in [1.165, 1.54) is 5.56 Å². The fraction of sp³-hybridized carbons (Fsp3) is 0.263. The Kier molecular flexibility index (Phi) is 4.83. The topological polar surface area (TPSA) is 42.7 Å². The molecule has 0 aliphatic heterocycles. The van der Waals surface area contributed by atoms with Crippen LogP contribution >= 0.6 is 0 Å². The number of benzene rings is 1. The van der Waals surface area contributed by atoms with Crippen LogP contribution in [0.2, 0.25) is 0 Å². The van der Waals surface area contributed by atoms with Gasteiger partial charge in [0.05, 0.1) is 0 Å². The molecule has 2 heterocycles. The van der Waals surface area contributed by atoms with E-state index in [2.05, 4.69) is 57.1 Å². The zero-order chi connectivity index (χ0) is 16.1. The maximum atomic E-state index is 4.35. The first kappa shape index (κ1) is 15.4. The van der Waals surface area contributed by atoms with Crippen molar-refractivity contribution in [1.29, 1.82) is 0 Å². The number of nitrogens with zero attached hydrogens (tertiary/aromatic N) is 3. The summed E-state index contributed by atoms with van der Waals surface area (Å²) in [4.78, 5) is 8.61. The van der Waals surface area contributed by atoms with Gasteiger partial charge in [-0.1, -0.05) is 18.2 Å². The smallest absolute Gasteiger partial charge is 0.110 e. The lowest BCUT2D eigenvalue weighted by Crippen LogP contribution is -2.21. The van der Waals surface area contributed by atoms with Gasteiger partial charge in [-0.2, -0.15) is 0 Å². The van der Waals surface area contributed by atoms with Crippen molar-refractivity contribution in [2.75, 3.05) is 6.54 Å². The predicted molar refractivity (Wildman–Crippen MR) is 92.7 cm³/mol. The van der Waals surface area contributed by atoms with E-state index < -0.39 is 0 Å². The third-order valence-electron chi connectivity index (χ3n) is 4.05. The van der Waals surface area contributed by atoms with Gasteiger partial charge in [0.15, 0.2) is 0 Å². The fourth-order valence-electron chi connectivity index (χ4n) is 2.66. The molecule has 1 aromatic carbocycles. The van der Waals surface area contributed by atoms with Crippen molar-refractivity contribution >= 4 is 0 Å². The van der Waals surface area contributed by atoms with Crippen molar-refractivity contribution in [2.45, 2.75) is 26.3 Å². The molecular formula is C19H22N4. The van der Waals surface area contributed by atoms with Crippen molar-refractivity contribution < 1.29 is 0 Å². The molecule has 0 unspecified atom stereocenters. The summed E-state index contributed by atoms with van der Waals surface area (Å²) in [7, 11) is 0. The van der Waals surface area contributed by atoms with Crippen molar-refractivity contribution in [3.8, 4) is 5.69 Å². The van der Waals surface area contributed by atoms with Crippen LogP contribution in [0, 0.1) is 6.92 Å². The predicted octanol–water partition coefficient (Wildman–Crippen LogP) is 3.47. The number of aryl methyl sites for hydroxylation is 1. The van der Waals surface area contributed by atoms with E-state index in [1.807, 2.05) is 37.6 Å². The van der Waals surface area contributed by atoms with Gasteiger partial charge in [0.2, 0.25) is 0 Å². The highest BCUT2D eigenvalue weighted by atomic mass is 15.1. The van der Waals surface area contributed by atoms with Crippen molar-refractivity contribution in [3.63, 3.8) is 0 Å². The van der Waals surface area contributed by atoms with Gasteiger partial charge in [-0.25, -0.2) is 4.98 Å². The molecule has 1 N–H and O–H groups in total. The van der Waals surface area contributed by atoms with E-state index in [0.29, 0.717) is 6.04 Å². The molecule has 0 aliphatic rings. The molecule has 0 fully saturated rings. The molecule has 0 saturated carbocycles. The van der Waals surface area contributed by atoms with E-state index >= 15 is 0 Å². The number of hydrogen-bond acceptors (Lipinski definition) is 3. The quantitative estimate of drug-likeness (QED) is 0.758. The normalized spacial score (nSPS) is 12.3. The third kappa shape index (κ3) is 3.85. The summed E-state index contributed by atoms with van der Waals surface area (Å²) in [5.74, 6) is 0.999. The Morgan fingerprint density at radius 3 is 2.52 bits per heavy atom. The largest absolute Gasteiger partial charge is 0.310 e. The van der Waals surface area contributed by atoms with Crippen LogP contribution in [-0.4, -0.2) is 21.1 Å². The van der Waals surface area contributed by atoms with Crippen LogP contribution in [0.5, 0.6) is 0 Å². The van der Waals surface area contributed by atoms with Gasteiger partial charge in [0.1, 0.15) is 5.82 Å². The zero-order valence-corrected chi connectivity index (χ0v) is 13.6. The van der Waals surface area contributed by atoms with Gasteiger partial charge >= 0.3 is 0 Å². The second-order valence-corrected chi connectivity index (χ2v) is 5.68. The summed E-state index contributed by atoms with van der Waals surface area (Å²) < 4.78 is 2.09. The second kappa shape index (κ2) is 7.20. The maximum absolute atomic E-state index is 4.35. The zero-order valence-electron chi connectivity index (χ0n) is 13.6. The van der Waals surface area contributed by atoms with Crippen LogP contribution in [-0.2, 0) is 6.42 Å². The SMILES string of the molecule is Cc1nccn1-c1ccc([C@H](C)NCCc2ccccn2)cc1. The number of hydrogen-bond donors (Lipinski definition) is 1. The van der Waals surface area contributed by atoms with Crippen LogP contribution < -0.4 is 5.32 Å². The number of imidazole rings is 1. The third-order valence-corrected chi connectivity index (χ3v) is 4.05. The van der Waals surface area contributed by atoms with Gasteiger partial charge in [-0.05, 0) is 43.7 Å². The summed E-state index contributed by atoms with van der Waals surface area (Å²) in [5, 5.41) is 3.55. The molecule has 4 heteroatoms. The van der Waals surface area contributed by atoms with Crippen molar-refractivity contribution in [1.82, 2.24) is 19.9 Å². The van der Waals surface area contributed by atoms with Crippen LogP contribution in [0.25, 0.3) is 5.69 Å². The number of rotatable bonds is 6. The number of aromatic nitrogens is 3. The van der Waals surface area contributed by atoms with Crippen molar-refractivity contribution in [3.05, 3.63) is 78.1 Å². The lowest BCUT2D eigenvalue weighted by atomic mass is 10.1. The number of pyridine rings is 1. The van der Waals surface area contributed by atoms with Crippen LogP contribution in [0.1, 0.15) is 30.0 Å². The average Bonchev–Trinajstić information content (AvgIpc) is 3.02. The minimum absolute atomic E-state index is 0.316. The summed E-state index contributed by atoms with van der Waals surface area (Å²) in [6.45, 7) is 5.12. The summed E-state index contributed by atoms with van der Waals surface area (Å²) in [6, 6.07) is 15.0. The van der Waals surface area contributed by atoms with Gasteiger partial charge < -0.3 is 9.88 Å². The van der Waals surface area contributed by atoms with Gasteiger partial charge in [0, 0.05) is 49.0 Å². The molecule has 0 amide bonds. The first-order chi connectivity index (χ1) is 11.2. The monoisotopic (exact) mass is 306 g/mol.